The van der Waals surface area contributed by atoms with Crippen LogP contribution in [0.3, 0.4) is 0 Å². The van der Waals surface area contributed by atoms with Crippen molar-refractivity contribution in [3.63, 3.8) is 0 Å². The highest BCUT2D eigenvalue weighted by atomic mass is 19.3. The largest absolute Gasteiger partial charge is 0.351 e. The number of hydrogen-bond donors (Lipinski definition) is 2. The van der Waals surface area contributed by atoms with Crippen molar-refractivity contribution in [1.29, 1.82) is 0 Å². The number of hydrogen-bond acceptors (Lipinski definition) is 5. The van der Waals surface area contributed by atoms with Crippen molar-refractivity contribution in [2.75, 3.05) is 32.5 Å². The number of halogens is 2. The standard InChI is InChI=1S/C24H28F2N8O/c1-14-29-19-5-4-15(10-20(19)34(14)13-21(25)26)17-11-27-22-18(17)12-28-23(31-22)30-16-6-8-33(9-7-16)24(35)32(2)3/h4-5,10-12,16,21H,6-9,13H2,1-3H3,(H2,27,28,30,31). The van der Waals surface area contributed by atoms with Crippen LogP contribution >= 0.6 is 0 Å². The summed E-state index contributed by atoms with van der Waals surface area (Å²) in [6.07, 6.45) is 2.82. The van der Waals surface area contributed by atoms with Crippen molar-refractivity contribution in [3.8, 4) is 11.1 Å². The lowest BCUT2D eigenvalue weighted by Gasteiger charge is -2.33. The summed E-state index contributed by atoms with van der Waals surface area (Å²) in [5.41, 5.74) is 3.82. The molecule has 0 unspecified atom stereocenters. The first kappa shape index (κ1) is 23.0. The number of carbonyl (C=O) groups is 1. The fourth-order valence-corrected chi connectivity index (χ4v) is 4.68. The molecule has 1 fully saturated rings. The Morgan fingerprint density at radius 1 is 1.26 bits per heavy atom. The molecule has 5 rings (SSSR count). The van der Waals surface area contributed by atoms with Gasteiger partial charge in [-0.2, -0.15) is 4.98 Å². The van der Waals surface area contributed by atoms with Gasteiger partial charge in [0.25, 0.3) is 6.43 Å². The number of benzene rings is 1. The molecule has 9 nitrogen and oxygen atoms in total. The molecule has 11 heteroatoms. The number of nitrogens with zero attached hydrogens (tertiary/aromatic N) is 6. The highest BCUT2D eigenvalue weighted by molar-refractivity contribution is 5.95. The predicted octanol–water partition coefficient (Wildman–Crippen LogP) is 4.11. The van der Waals surface area contributed by atoms with Crippen LogP contribution in [-0.4, -0.2) is 80.0 Å². The molecular weight excluding hydrogens is 454 g/mol. The third-order valence-electron chi connectivity index (χ3n) is 6.48. The predicted molar refractivity (Wildman–Crippen MR) is 131 cm³/mol. The van der Waals surface area contributed by atoms with Gasteiger partial charge < -0.3 is 24.7 Å². The summed E-state index contributed by atoms with van der Waals surface area (Å²) in [5, 5.41) is 4.23. The summed E-state index contributed by atoms with van der Waals surface area (Å²) >= 11 is 0. The number of H-pyrrole nitrogens is 1. The number of nitrogens with one attached hydrogen (secondary N) is 2. The van der Waals surface area contributed by atoms with Gasteiger partial charge in [0.1, 0.15) is 11.5 Å². The zero-order valence-electron chi connectivity index (χ0n) is 19.9. The zero-order chi connectivity index (χ0) is 24.7. The molecule has 1 aliphatic heterocycles. The van der Waals surface area contributed by atoms with Crippen LogP contribution in [0, 0.1) is 6.92 Å². The van der Waals surface area contributed by atoms with Crippen molar-refractivity contribution in [2.45, 2.75) is 38.8 Å². The normalized spacial score (nSPS) is 14.9. The molecule has 0 atom stereocenters. The fraction of sp³-hybridized carbons (Fsp3) is 0.417. The molecule has 184 valence electrons. The van der Waals surface area contributed by atoms with E-state index >= 15 is 0 Å². The molecule has 0 saturated carbocycles. The lowest BCUT2D eigenvalue weighted by molar-refractivity contribution is 0.127. The molecule has 4 heterocycles. The number of likely N-dealkylation sites (tertiary alicyclic amines) is 1. The number of aromatic nitrogens is 5. The van der Waals surface area contributed by atoms with Gasteiger partial charge >= 0.3 is 6.03 Å². The van der Waals surface area contributed by atoms with E-state index in [1.807, 2.05) is 29.3 Å². The number of fused-ring (bicyclic) bond motifs is 2. The number of urea groups is 1. The van der Waals surface area contributed by atoms with E-state index in [0.29, 0.717) is 41.5 Å². The fourth-order valence-electron chi connectivity index (χ4n) is 4.68. The van der Waals surface area contributed by atoms with Gasteiger partial charge in [0.05, 0.1) is 17.6 Å². The van der Waals surface area contributed by atoms with E-state index in [2.05, 4.69) is 25.3 Å². The third-order valence-corrected chi connectivity index (χ3v) is 6.48. The van der Waals surface area contributed by atoms with Gasteiger partial charge in [-0.3, -0.25) is 0 Å². The van der Waals surface area contributed by atoms with Crippen molar-refractivity contribution < 1.29 is 13.6 Å². The Morgan fingerprint density at radius 3 is 2.74 bits per heavy atom. The van der Waals surface area contributed by atoms with Gasteiger partial charge in [-0.05, 0) is 37.5 Å². The van der Waals surface area contributed by atoms with E-state index < -0.39 is 6.43 Å². The number of imidazole rings is 1. The van der Waals surface area contributed by atoms with Crippen LogP contribution in [0.5, 0.6) is 0 Å². The van der Waals surface area contributed by atoms with E-state index in [0.717, 1.165) is 29.4 Å². The maximum absolute atomic E-state index is 13.1. The molecule has 1 saturated heterocycles. The minimum absolute atomic E-state index is 0.0330. The van der Waals surface area contributed by atoms with Crippen LogP contribution in [0.1, 0.15) is 18.7 Å². The Balaban J connectivity index is 1.35. The summed E-state index contributed by atoms with van der Waals surface area (Å²) in [7, 11) is 3.52. The Hall–Kier alpha value is -3.76. The summed E-state index contributed by atoms with van der Waals surface area (Å²) < 4.78 is 27.7. The van der Waals surface area contributed by atoms with Crippen LogP contribution in [0.2, 0.25) is 0 Å². The van der Waals surface area contributed by atoms with Crippen LogP contribution in [0.4, 0.5) is 19.5 Å². The first-order valence-electron chi connectivity index (χ1n) is 11.6. The average Bonchev–Trinajstić information content (AvgIpc) is 3.39. The molecule has 3 aromatic heterocycles. The van der Waals surface area contributed by atoms with Crippen molar-refractivity contribution in [3.05, 3.63) is 36.4 Å². The minimum atomic E-state index is -2.46. The highest BCUT2D eigenvalue weighted by Gasteiger charge is 2.24. The van der Waals surface area contributed by atoms with Gasteiger partial charge in [0.2, 0.25) is 5.95 Å². The molecule has 2 amide bonds. The number of aryl methyl sites for hydroxylation is 1. The summed E-state index contributed by atoms with van der Waals surface area (Å²) in [5.74, 6) is 1.09. The number of alkyl halides is 2. The number of carbonyl (C=O) groups excluding carboxylic acids is 1. The van der Waals surface area contributed by atoms with Crippen molar-refractivity contribution in [2.24, 2.45) is 0 Å². The van der Waals surface area contributed by atoms with Crippen LogP contribution in [-0.2, 0) is 6.54 Å². The number of anilines is 1. The van der Waals surface area contributed by atoms with Crippen LogP contribution in [0.25, 0.3) is 33.2 Å². The second kappa shape index (κ2) is 9.12. The molecule has 1 aromatic carbocycles. The van der Waals surface area contributed by atoms with E-state index in [-0.39, 0.29) is 18.6 Å². The quantitative estimate of drug-likeness (QED) is 0.447. The molecule has 0 aliphatic carbocycles. The van der Waals surface area contributed by atoms with Crippen molar-refractivity contribution in [1.82, 2.24) is 34.3 Å². The maximum atomic E-state index is 13.1. The first-order chi connectivity index (χ1) is 16.8. The Kier molecular flexibility index (Phi) is 6.00. The maximum Gasteiger partial charge on any atom is 0.319 e. The first-order valence-corrected chi connectivity index (χ1v) is 11.6. The molecule has 0 spiro atoms. The lowest BCUT2D eigenvalue weighted by atomic mass is 10.1. The molecule has 0 bridgehead atoms. The number of rotatable bonds is 5. The monoisotopic (exact) mass is 482 g/mol. The Labute approximate surface area is 201 Å². The van der Waals surface area contributed by atoms with Crippen molar-refractivity contribution >= 4 is 34.0 Å². The van der Waals surface area contributed by atoms with Gasteiger partial charge in [0.15, 0.2) is 0 Å². The molecule has 1 aliphatic rings. The van der Waals surface area contributed by atoms with E-state index in [1.165, 1.54) is 0 Å². The summed E-state index contributed by atoms with van der Waals surface area (Å²) in [6, 6.07) is 5.89. The Bertz CT molecular complexity index is 1370. The summed E-state index contributed by atoms with van der Waals surface area (Å²) in [6.45, 7) is 2.72. The second-order valence-electron chi connectivity index (χ2n) is 9.11. The SMILES string of the molecule is Cc1nc2ccc(-c3c[nH]c4nc(NC5CCN(C(=O)N(C)C)CC5)ncc34)cc2n1CC(F)F. The smallest absolute Gasteiger partial charge is 0.319 e. The van der Waals surface area contributed by atoms with Crippen LogP contribution in [0.15, 0.2) is 30.6 Å². The van der Waals surface area contributed by atoms with E-state index in [1.54, 1.807) is 36.7 Å². The molecule has 0 radical (unpaired) electrons. The van der Waals surface area contributed by atoms with Gasteiger partial charge in [0, 0.05) is 56.6 Å². The molecule has 4 aromatic rings. The number of piperidine rings is 1. The number of aromatic amines is 1. The highest BCUT2D eigenvalue weighted by Crippen LogP contribution is 2.31. The van der Waals surface area contributed by atoms with E-state index in [9.17, 15) is 13.6 Å². The van der Waals surface area contributed by atoms with Gasteiger partial charge in [-0.1, -0.05) is 6.07 Å². The second-order valence-corrected chi connectivity index (χ2v) is 9.11. The number of amides is 2. The Morgan fingerprint density at radius 2 is 2.03 bits per heavy atom. The third kappa shape index (κ3) is 4.50. The van der Waals surface area contributed by atoms with Gasteiger partial charge in [-0.25, -0.2) is 23.5 Å². The zero-order valence-corrected chi connectivity index (χ0v) is 19.9. The summed E-state index contributed by atoms with van der Waals surface area (Å²) in [4.78, 5) is 32.3. The van der Waals surface area contributed by atoms with Gasteiger partial charge in [-0.15, -0.1) is 0 Å². The van der Waals surface area contributed by atoms with Crippen LogP contribution < -0.4 is 5.32 Å². The molecular formula is C24H28F2N8O. The lowest BCUT2D eigenvalue weighted by Crippen LogP contribution is -2.46. The molecule has 35 heavy (non-hydrogen) atoms. The molecule has 2 N–H and O–H groups in total. The average molecular weight is 483 g/mol. The van der Waals surface area contributed by atoms with E-state index in [4.69, 9.17) is 0 Å². The topological polar surface area (TPSA) is 95.0 Å². The minimum Gasteiger partial charge on any atom is -0.351 e.